The first-order valence-corrected chi connectivity index (χ1v) is 7.71. The Kier molecular flexibility index (Phi) is 30.7. The monoisotopic (exact) mass is 454 g/mol. The molecule has 2 heteroatoms. The molecule has 0 saturated heterocycles. The maximum Gasteiger partial charge on any atom is 0 e. The molecule has 0 aromatic rings. The van der Waals surface area contributed by atoms with Crippen LogP contribution >= 0.6 is 12.4 Å². The normalized spacial score (nSPS) is 9.67. The van der Waals surface area contributed by atoms with Crippen molar-refractivity contribution in [1.29, 1.82) is 0 Å². The van der Waals surface area contributed by atoms with Crippen molar-refractivity contribution >= 4 is 12.4 Å². The van der Waals surface area contributed by atoms with Crippen LogP contribution in [-0.2, 0) is 20.1 Å². The van der Waals surface area contributed by atoms with Gasteiger partial charge >= 0.3 is 0 Å². The van der Waals surface area contributed by atoms with Gasteiger partial charge in [0.25, 0.3) is 0 Å². The first-order chi connectivity index (χ1) is 7.91. The van der Waals surface area contributed by atoms with Crippen molar-refractivity contribution in [1.82, 2.24) is 0 Å². The quantitative estimate of drug-likeness (QED) is 0.214. The molecule has 0 fully saturated rings. The summed E-state index contributed by atoms with van der Waals surface area (Å²) in [6.45, 7) is 6.16. The molecule has 0 spiro atoms. The molecule has 0 heterocycles. The van der Waals surface area contributed by atoms with E-state index in [0.717, 1.165) is 6.42 Å². The Bertz CT molecular complexity index is 104. The summed E-state index contributed by atoms with van der Waals surface area (Å²) < 4.78 is 0. The maximum atomic E-state index is 3.87. The molecule has 0 nitrogen and oxygen atoms in total. The zero-order valence-corrected chi connectivity index (χ0v) is 15.6. The summed E-state index contributed by atoms with van der Waals surface area (Å²) in [5, 5.41) is 0. The van der Waals surface area contributed by atoms with Crippen molar-refractivity contribution in [2.75, 3.05) is 0 Å². The smallest absolute Gasteiger partial charge is 0 e. The molecule has 0 amide bonds. The second-order valence-electron chi connectivity index (χ2n) is 5.10. The minimum absolute atomic E-state index is 0. The molecule has 0 atom stereocenters. The Hall–Kier alpha value is 0.939. The topological polar surface area (TPSA) is 0 Å². The zero-order chi connectivity index (χ0) is 11.9. The third-order valence-electron chi connectivity index (χ3n) is 3.35. The van der Waals surface area contributed by atoms with Crippen molar-refractivity contribution in [3.05, 3.63) is 6.92 Å². The van der Waals surface area contributed by atoms with Crippen LogP contribution in [-0.4, -0.2) is 0 Å². The molecule has 0 bridgehead atoms. The van der Waals surface area contributed by atoms with Crippen molar-refractivity contribution in [2.45, 2.75) is 96.8 Å². The molecule has 0 rings (SSSR count). The van der Waals surface area contributed by atoms with Crippen molar-refractivity contribution in [3.8, 4) is 0 Å². The summed E-state index contributed by atoms with van der Waals surface area (Å²) in [5.41, 5.74) is 0. The fourth-order valence-corrected chi connectivity index (χ4v) is 2.19. The Labute approximate surface area is 136 Å². The molecule has 115 valence electrons. The molecule has 18 heavy (non-hydrogen) atoms. The van der Waals surface area contributed by atoms with Gasteiger partial charge in [-0.1, -0.05) is 90.4 Å². The summed E-state index contributed by atoms with van der Waals surface area (Å²) in [5.74, 6) is 0. The molecular weight excluding hydrogens is 420 g/mol. The van der Waals surface area contributed by atoms with E-state index >= 15 is 0 Å². The minimum Gasteiger partial charge on any atom is -0.343 e. The Balaban J connectivity index is -0.00000112. The van der Waals surface area contributed by atoms with Crippen LogP contribution in [0.5, 0.6) is 0 Å². The largest absolute Gasteiger partial charge is 0.343 e. The van der Waals surface area contributed by atoms with Crippen molar-refractivity contribution < 1.29 is 20.1 Å². The molecular formula is C16H34ClIr-. The van der Waals surface area contributed by atoms with Gasteiger partial charge in [0, 0.05) is 20.1 Å². The van der Waals surface area contributed by atoms with Crippen molar-refractivity contribution in [3.63, 3.8) is 0 Å². The fraction of sp³-hybridized carbons (Fsp3) is 0.938. The molecule has 0 aromatic carbocycles. The van der Waals surface area contributed by atoms with Gasteiger partial charge in [-0.15, -0.1) is 12.4 Å². The molecule has 0 unspecified atom stereocenters. The van der Waals surface area contributed by atoms with Gasteiger partial charge in [0.05, 0.1) is 0 Å². The van der Waals surface area contributed by atoms with Crippen LogP contribution in [0.15, 0.2) is 0 Å². The molecule has 0 aliphatic rings. The van der Waals surface area contributed by atoms with Gasteiger partial charge in [-0.05, 0) is 0 Å². The number of rotatable bonds is 13. The van der Waals surface area contributed by atoms with E-state index < -0.39 is 0 Å². The van der Waals surface area contributed by atoms with E-state index in [4.69, 9.17) is 0 Å². The Morgan fingerprint density at radius 3 is 1.11 bits per heavy atom. The molecule has 0 aliphatic heterocycles. The molecule has 0 aliphatic carbocycles. The van der Waals surface area contributed by atoms with Crippen molar-refractivity contribution in [2.24, 2.45) is 0 Å². The Morgan fingerprint density at radius 2 is 0.833 bits per heavy atom. The van der Waals surface area contributed by atoms with Crippen LogP contribution in [0.25, 0.3) is 0 Å². The average molecular weight is 454 g/mol. The van der Waals surface area contributed by atoms with E-state index in [-0.39, 0.29) is 32.5 Å². The molecule has 0 aromatic heterocycles. The average Bonchev–Trinajstić information content (AvgIpc) is 2.31. The van der Waals surface area contributed by atoms with E-state index in [2.05, 4.69) is 13.8 Å². The van der Waals surface area contributed by atoms with Crippen LogP contribution in [0.4, 0.5) is 0 Å². The number of halogens is 1. The third-order valence-corrected chi connectivity index (χ3v) is 3.35. The standard InChI is InChI=1S/C16H33.ClH.Ir/c1-3-5-7-9-11-13-15-16-14-12-10-8-6-4-2;;/h1,3-16H2,2H3;1H;/q-1;;. The van der Waals surface area contributed by atoms with E-state index in [9.17, 15) is 0 Å². The first-order valence-electron chi connectivity index (χ1n) is 7.71. The third kappa shape index (κ3) is 22.1. The van der Waals surface area contributed by atoms with Gasteiger partial charge in [-0.25, -0.2) is 0 Å². The zero-order valence-electron chi connectivity index (χ0n) is 12.3. The summed E-state index contributed by atoms with van der Waals surface area (Å²) in [6.07, 6.45) is 19.8. The number of hydrogen-bond acceptors (Lipinski definition) is 0. The predicted molar refractivity (Wildman–Crippen MR) is 82.9 cm³/mol. The van der Waals surface area contributed by atoms with Gasteiger partial charge in [0.2, 0.25) is 0 Å². The van der Waals surface area contributed by atoms with Crippen LogP contribution < -0.4 is 0 Å². The van der Waals surface area contributed by atoms with E-state index in [1.54, 1.807) is 0 Å². The predicted octanol–water partition coefficient (Wildman–Crippen LogP) is 6.72. The fourth-order valence-electron chi connectivity index (χ4n) is 2.19. The number of hydrogen-bond donors (Lipinski definition) is 0. The van der Waals surface area contributed by atoms with Gasteiger partial charge in [0.1, 0.15) is 0 Å². The number of unbranched alkanes of at least 4 members (excludes halogenated alkanes) is 13. The van der Waals surface area contributed by atoms with Crippen LogP contribution in [0.1, 0.15) is 96.8 Å². The van der Waals surface area contributed by atoms with E-state index in [1.165, 1.54) is 83.5 Å². The van der Waals surface area contributed by atoms with Gasteiger partial charge in [0.15, 0.2) is 0 Å². The molecule has 1 radical (unpaired) electrons. The molecule has 0 saturated carbocycles. The maximum absolute atomic E-state index is 3.87. The second-order valence-corrected chi connectivity index (χ2v) is 5.10. The van der Waals surface area contributed by atoms with Crippen LogP contribution in [0.2, 0.25) is 0 Å². The summed E-state index contributed by atoms with van der Waals surface area (Å²) in [6, 6.07) is 0. The minimum atomic E-state index is 0. The van der Waals surface area contributed by atoms with E-state index in [1.807, 2.05) is 0 Å². The summed E-state index contributed by atoms with van der Waals surface area (Å²) in [4.78, 5) is 0. The van der Waals surface area contributed by atoms with Gasteiger partial charge in [-0.3, -0.25) is 0 Å². The SMILES string of the molecule is Cl.[CH2-]CCCCCCCCCCCCCCC.[Ir]. The van der Waals surface area contributed by atoms with Crippen LogP contribution in [0, 0.1) is 6.92 Å². The first kappa shape index (κ1) is 24.0. The Morgan fingerprint density at radius 1 is 0.556 bits per heavy atom. The van der Waals surface area contributed by atoms with Gasteiger partial charge in [-0.2, -0.15) is 6.42 Å². The summed E-state index contributed by atoms with van der Waals surface area (Å²) in [7, 11) is 0. The van der Waals surface area contributed by atoms with Crippen LogP contribution in [0.3, 0.4) is 0 Å². The summed E-state index contributed by atoms with van der Waals surface area (Å²) >= 11 is 0. The van der Waals surface area contributed by atoms with E-state index in [0.29, 0.717) is 0 Å². The molecule has 0 N–H and O–H groups in total. The van der Waals surface area contributed by atoms with Gasteiger partial charge < -0.3 is 6.92 Å². The second kappa shape index (κ2) is 23.1.